The number of amides is 1. The molecule has 4 rings (SSSR count). The van der Waals surface area contributed by atoms with E-state index in [9.17, 15) is 4.79 Å². The normalized spacial score (nSPS) is 11.2. The molecule has 2 aromatic carbocycles. The maximum Gasteiger partial charge on any atom is 0.234 e. The second-order valence-corrected chi connectivity index (χ2v) is 6.09. The van der Waals surface area contributed by atoms with Crippen LogP contribution in [0.3, 0.4) is 0 Å². The minimum Gasteiger partial charge on any atom is -0.356 e. The summed E-state index contributed by atoms with van der Waals surface area (Å²) in [5.41, 5.74) is 2.16. The smallest absolute Gasteiger partial charge is 0.234 e. The summed E-state index contributed by atoms with van der Waals surface area (Å²) in [6.07, 6.45) is 0.148. The number of benzene rings is 2. The number of carbonyl (C=O) groups is 1. The number of likely N-dealkylation sites (N-methyl/N-ethyl adjacent to an activating group) is 1. The Morgan fingerprint density at radius 2 is 1.69 bits per heavy atom. The highest BCUT2D eigenvalue weighted by Crippen LogP contribution is 2.26. The number of para-hydroxylation sites is 1. The predicted molar refractivity (Wildman–Crippen MR) is 100 cm³/mol. The number of nitrogens with zero attached hydrogens (tertiary/aromatic N) is 4. The van der Waals surface area contributed by atoms with Crippen LogP contribution in [0, 0.1) is 6.92 Å². The molecule has 0 fully saturated rings. The Bertz CT molecular complexity index is 1100. The van der Waals surface area contributed by atoms with Gasteiger partial charge in [-0.1, -0.05) is 41.6 Å². The third kappa shape index (κ3) is 2.69. The van der Waals surface area contributed by atoms with Gasteiger partial charge in [-0.15, -0.1) is 5.10 Å². The number of aromatic nitrogens is 3. The van der Waals surface area contributed by atoms with E-state index < -0.39 is 0 Å². The van der Waals surface area contributed by atoms with Crippen molar-refractivity contribution in [2.24, 2.45) is 0 Å². The average molecular weight is 346 g/mol. The molecule has 0 atom stereocenters. The van der Waals surface area contributed by atoms with Gasteiger partial charge in [0.15, 0.2) is 11.4 Å². The number of fused-ring (bicyclic) bond motifs is 2. The second-order valence-electron chi connectivity index (χ2n) is 6.09. The Hall–Kier alpha value is -3.28. The quantitative estimate of drug-likeness (QED) is 0.564. The summed E-state index contributed by atoms with van der Waals surface area (Å²) in [5.74, 6) is 0.487. The van der Waals surface area contributed by atoms with E-state index in [2.05, 4.69) is 15.4 Å². The van der Waals surface area contributed by atoms with Crippen LogP contribution in [0.2, 0.25) is 0 Å². The van der Waals surface area contributed by atoms with Gasteiger partial charge >= 0.3 is 0 Å². The minimum absolute atomic E-state index is 0.0881. The SMILES string of the molecule is CCN(C(=O)Cc1noc2ccccc12)c1nnc(C)c2ccccc12. The van der Waals surface area contributed by atoms with Gasteiger partial charge in [0.2, 0.25) is 5.91 Å². The van der Waals surface area contributed by atoms with Crippen LogP contribution in [0.15, 0.2) is 53.1 Å². The van der Waals surface area contributed by atoms with Gasteiger partial charge in [-0.25, -0.2) is 0 Å². The molecule has 0 bridgehead atoms. The van der Waals surface area contributed by atoms with Gasteiger partial charge in [-0.2, -0.15) is 5.10 Å². The molecule has 6 heteroatoms. The zero-order valence-corrected chi connectivity index (χ0v) is 14.6. The molecule has 0 unspecified atom stereocenters. The molecule has 0 aliphatic heterocycles. The van der Waals surface area contributed by atoms with Crippen molar-refractivity contribution in [2.75, 3.05) is 11.4 Å². The highest BCUT2D eigenvalue weighted by molar-refractivity contribution is 6.03. The van der Waals surface area contributed by atoms with Crippen molar-refractivity contribution in [1.82, 2.24) is 15.4 Å². The predicted octanol–water partition coefficient (Wildman–Crippen LogP) is 3.68. The Balaban J connectivity index is 1.71. The number of hydrogen-bond donors (Lipinski definition) is 0. The maximum atomic E-state index is 13.0. The van der Waals surface area contributed by atoms with Crippen LogP contribution in [0.25, 0.3) is 21.7 Å². The fourth-order valence-electron chi connectivity index (χ4n) is 3.17. The van der Waals surface area contributed by atoms with Crippen molar-refractivity contribution in [3.05, 3.63) is 59.9 Å². The molecule has 0 N–H and O–H groups in total. The molecule has 4 aromatic rings. The first-order chi connectivity index (χ1) is 12.7. The fourth-order valence-corrected chi connectivity index (χ4v) is 3.17. The molecule has 0 saturated heterocycles. The monoisotopic (exact) mass is 346 g/mol. The lowest BCUT2D eigenvalue weighted by Gasteiger charge is -2.21. The zero-order chi connectivity index (χ0) is 18.1. The Morgan fingerprint density at radius 1 is 1.00 bits per heavy atom. The standard InChI is InChI=1S/C20H18N4O2/c1-3-24(20-15-9-5-4-8-14(15)13(2)21-22-20)19(25)12-17-16-10-6-7-11-18(16)26-23-17/h4-11H,3,12H2,1-2H3. The minimum atomic E-state index is -0.0881. The molecule has 0 aliphatic carbocycles. The zero-order valence-electron chi connectivity index (χ0n) is 14.6. The Kier molecular flexibility index (Phi) is 4.08. The summed E-state index contributed by atoms with van der Waals surface area (Å²) >= 11 is 0. The van der Waals surface area contributed by atoms with E-state index in [1.807, 2.05) is 62.4 Å². The second kappa shape index (κ2) is 6.55. The summed E-state index contributed by atoms with van der Waals surface area (Å²) in [6.45, 7) is 4.34. The largest absolute Gasteiger partial charge is 0.356 e. The first kappa shape index (κ1) is 16.2. The van der Waals surface area contributed by atoms with E-state index >= 15 is 0 Å². The molecule has 0 saturated carbocycles. The lowest BCUT2D eigenvalue weighted by atomic mass is 10.1. The lowest BCUT2D eigenvalue weighted by Crippen LogP contribution is -2.33. The number of rotatable bonds is 4. The molecular weight excluding hydrogens is 328 g/mol. The summed E-state index contributed by atoms with van der Waals surface area (Å²) in [4.78, 5) is 14.6. The molecule has 0 spiro atoms. The highest BCUT2D eigenvalue weighted by atomic mass is 16.5. The Morgan fingerprint density at radius 3 is 2.46 bits per heavy atom. The summed E-state index contributed by atoms with van der Waals surface area (Å²) in [5, 5.41) is 15.4. The molecule has 1 amide bonds. The van der Waals surface area contributed by atoms with Gasteiger partial charge in [0, 0.05) is 22.7 Å². The van der Waals surface area contributed by atoms with Gasteiger partial charge in [-0.05, 0) is 26.0 Å². The van der Waals surface area contributed by atoms with Crippen LogP contribution < -0.4 is 4.90 Å². The first-order valence-corrected chi connectivity index (χ1v) is 8.54. The summed E-state index contributed by atoms with van der Waals surface area (Å²) in [7, 11) is 0. The summed E-state index contributed by atoms with van der Waals surface area (Å²) in [6, 6.07) is 15.4. The molecular formula is C20H18N4O2. The number of anilines is 1. The van der Waals surface area contributed by atoms with Crippen LogP contribution in [-0.4, -0.2) is 27.8 Å². The van der Waals surface area contributed by atoms with Gasteiger partial charge in [0.25, 0.3) is 0 Å². The average Bonchev–Trinajstić information content (AvgIpc) is 3.07. The van der Waals surface area contributed by atoms with Crippen molar-refractivity contribution >= 4 is 33.5 Å². The van der Waals surface area contributed by atoms with E-state index in [0.29, 0.717) is 23.6 Å². The van der Waals surface area contributed by atoms with Crippen molar-refractivity contribution in [3.8, 4) is 0 Å². The van der Waals surface area contributed by atoms with E-state index in [0.717, 1.165) is 21.9 Å². The van der Waals surface area contributed by atoms with Crippen LogP contribution in [-0.2, 0) is 11.2 Å². The Labute approximate surface area is 150 Å². The van der Waals surface area contributed by atoms with E-state index in [1.54, 1.807) is 4.90 Å². The topological polar surface area (TPSA) is 72.1 Å². The summed E-state index contributed by atoms with van der Waals surface area (Å²) < 4.78 is 5.31. The van der Waals surface area contributed by atoms with Gasteiger partial charge < -0.3 is 4.52 Å². The molecule has 2 heterocycles. The molecule has 26 heavy (non-hydrogen) atoms. The number of aryl methyl sites for hydroxylation is 1. The molecule has 6 nitrogen and oxygen atoms in total. The van der Waals surface area contributed by atoms with Crippen LogP contribution in [0.1, 0.15) is 18.3 Å². The maximum absolute atomic E-state index is 13.0. The van der Waals surface area contributed by atoms with E-state index in [-0.39, 0.29) is 12.3 Å². The van der Waals surface area contributed by atoms with Crippen molar-refractivity contribution in [1.29, 1.82) is 0 Å². The number of hydrogen-bond acceptors (Lipinski definition) is 5. The van der Waals surface area contributed by atoms with Crippen LogP contribution in [0.4, 0.5) is 5.82 Å². The van der Waals surface area contributed by atoms with Gasteiger partial charge in [0.1, 0.15) is 5.69 Å². The lowest BCUT2D eigenvalue weighted by molar-refractivity contribution is -0.118. The van der Waals surface area contributed by atoms with E-state index in [1.165, 1.54) is 0 Å². The highest BCUT2D eigenvalue weighted by Gasteiger charge is 2.21. The molecule has 0 radical (unpaired) electrons. The van der Waals surface area contributed by atoms with Gasteiger partial charge in [0.05, 0.1) is 12.1 Å². The van der Waals surface area contributed by atoms with Crippen LogP contribution in [0.5, 0.6) is 0 Å². The third-order valence-electron chi connectivity index (χ3n) is 4.50. The van der Waals surface area contributed by atoms with Crippen molar-refractivity contribution in [3.63, 3.8) is 0 Å². The number of carbonyl (C=O) groups excluding carboxylic acids is 1. The first-order valence-electron chi connectivity index (χ1n) is 8.54. The fraction of sp³-hybridized carbons (Fsp3) is 0.200. The van der Waals surface area contributed by atoms with Crippen LogP contribution >= 0.6 is 0 Å². The van der Waals surface area contributed by atoms with Gasteiger partial charge in [-0.3, -0.25) is 9.69 Å². The van der Waals surface area contributed by atoms with E-state index in [4.69, 9.17) is 4.52 Å². The van der Waals surface area contributed by atoms with Crippen molar-refractivity contribution < 1.29 is 9.32 Å². The molecule has 130 valence electrons. The molecule has 2 aromatic heterocycles. The third-order valence-corrected chi connectivity index (χ3v) is 4.50. The molecule has 0 aliphatic rings. The van der Waals surface area contributed by atoms with Crippen molar-refractivity contribution in [2.45, 2.75) is 20.3 Å².